The lowest BCUT2D eigenvalue weighted by atomic mass is 9.90. The maximum absolute atomic E-state index is 12.8. The smallest absolute Gasteiger partial charge is 0.472 e. The Bertz CT molecular complexity index is 1420. The number of Topliss-reactive ketones (excluding diaryl/α,β-unsaturated/α-hetero) is 1. The van der Waals surface area contributed by atoms with Gasteiger partial charge in [-0.3, -0.25) is 28.2 Å². The number of carbonyl (C=O) groups excluding carboxylic acids is 3. The van der Waals surface area contributed by atoms with E-state index in [1.165, 1.54) is 51.4 Å². The molecule has 1 unspecified atom stereocenters. The van der Waals surface area contributed by atoms with Crippen LogP contribution in [0.4, 0.5) is 0 Å². The van der Waals surface area contributed by atoms with Crippen LogP contribution in [0, 0.1) is 11.8 Å². The number of rotatable bonds is 40. The van der Waals surface area contributed by atoms with Gasteiger partial charge >= 0.3 is 25.7 Å². The molecule has 7 atom stereocenters. The lowest BCUT2D eigenvalue weighted by Crippen LogP contribution is -2.34. The number of esters is 2. The molecule has 1 rings (SSSR count). The molecule has 1 saturated carbocycles. The second-order valence-electron chi connectivity index (χ2n) is 16.7. The summed E-state index contributed by atoms with van der Waals surface area (Å²) in [5.74, 6) is -3.45. The van der Waals surface area contributed by atoms with E-state index in [0.717, 1.165) is 57.8 Å². The summed E-state index contributed by atoms with van der Waals surface area (Å²) in [5.41, 5.74) is 5.33. The summed E-state index contributed by atoms with van der Waals surface area (Å²) < 4.78 is 32.7. The molecule has 14 nitrogen and oxygen atoms in total. The number of carboxylic acids is 1. The van der Waals surface area contributed by atoms with Crippen LogP contribution in [0.3, 0.4) is 0 Å². The molecule has 0 spiro atoms. The van der Waals surface area contributed by atoms with Crippen molar-refractivity contribution in [2.24, 2.45) is 17.6 Å². The number of allylic oxidation sites excluding steroid dienone is 6. The number of aliphatic carboxylic acids is 1. The highest BCUT2D eigenvalue weighted by Crippen LogP contribution is 2.43. The molecule has 0 aliphatic heterocycles. The number of nitrogens with two attached hydrogens (primary N) is 1. The van der Waals surface area contributed by atoms with Crippen LogP contribution in [0.2, 0.25) is 0 Å². The molecule has 0 radical (unpaired) electrons. The fourth-order valence-electron chi connectivity index (χ4n) is 7.08. The van der Waals surface area contributed by atoms with Crippen LogP contribution in [0.1, 0.15) is 174 Å². The number of aliphatic hydroxyl groups excluding tert-OH is 2. The third kappa shape index (κ3) is 31.5. The zero-order valence-electron chi connectivity index (χ0n) is 38.4. The van der Waals surface area contributed by atoms with Crippen molar-refractivity contribution in [2.75, 3.05) is 19.8 Å². The van der Waals surface area contributed by atoms with Crippen LogP contribution in [-0.2, 0) is 42.3 Å². The standard InChI is InChI=1S/C48H82NO13P/c1-3-5-7-8-9-10-11-12-13-14-15-16-17-18-19-20-21-22-27-31-46(53)59-36-40(37-60-63(57,58)61-38-43(49)48(55)56)62-47(54)32-28-24-23-26-30-41-42(45(52)35-44(41)51)34-33-39(50)29-25-6-4-2/h9-10,12-13,23,26,33-34,39-43,45,50,52H,3-8,11,14-22,24-25,27-32,35-38,49H2,1-2H3,(H,55,56)(H,57,58)/b10-9-,13-12-,26-23-,34-33+/t39-,40+,41+,42+,43-,45+/m0/s1. The Morgan fingerprint density at radius 1 is 0.746 bits per heavy atom. The van der Waals surface area contributed by atoms with Gasteiger partial charge < -0.3 is 35.4 Å². The van der Waals surface area contributed by atoms with Gasteiger partial charge in [0.05, 0.1) is 25.4 Å². The van der Waals surface area contributed by atoms with Crippen LogP contribution < -0.4 is 5.73 Å². The number of carbonyl (C=O) groups is 4. The van der Waals surface area contributed by atoms with Crippen molar-refractivity contribution in [1.29, 1.82) is 0 Å². The molecule has 15 heteroatoms. The van der Waals surface area contributed by atoms with E-state index in [1.807, 2.05) is 12.2 Å². The molecular formula is C48H82NO13P. The van der Waals surface area contributed by atoms with Crippen LogP contribution in [-0.4, -0.2) is 88.1 Å². The van der Waals surface area contributed by atoms with Crippen molar-refractivity contribution < 1.29 is 62.5 Å². The van der Waals surface area contributed by atoms with Crippen molar-refractivity contribution in [1.82, 2.24) is 0 Å². The number of unbranched alkanes of at least 4 members (excludes halogenated alkanes) is 15. The van der Waals surface area contributed by atoms with Gasteiger partial charge in [-0.25, -0.2) is 4.57 Å². The van der Waals surface area contributed by atoms with Crippen molar-refractivity contribution >= 4 is 31.5 Å². The Kier molecular flexibility index (Phi) is 34.3. The highest BCUT2D eigenvalue weighted by atomic mass is 31.2. The minimum absolute atomic E-state index is 0.0351. The van der Waals surface area contributed by atoms with Gasteiger partial charge in [0.15, 0.2) is 6.10 Å². The lowest BCUT2D eigenvalue weighted by molar-refractivity contribution is -0.161. The van der Waals surface area contributed by atoms with E-state index in [9.17, 15) is 38.8 Å². The number of carboxylic acid groups (broad SMARTS) is 1. The zero-order chi connectivity index (χ0) is 46.6. The van der Waals surface area contributed by atoms with Gasteiger partial charge in [0.1, 0.15) is 18.4 Å². The topological polar surface area (TPSA) is 229 Å². The van der Waals surface area contributed by atoms with Crippen molar-refractivity contribution in [3.63, 3.8) is 0 Å². The van der Waals surface area contributed by atoms with Crippen molar-refractivity contribution in [2.45, 2.75) is 199 Å². The normalized spacial score (nSPS) is 19.3. The first-order valence-electron chi connectivity index (χ1n) is 23.8. The van der Waals surface area contributed by atoms with E-state index < -0.39 is 75.8 Å². The summed E-state index contributed by atoms with van der Waals surface area (Å²) in [6.07, 6.45) is 35.4. The Balaban J connectivity index is 2.45. The number of hydrogen-bond acceptors (Lipinski definition) is 12. The molecule has 0 aromatic rings. The predicted molar refractivity (Wildman–Crippen MR) is 246 cm³/mol. The number of hydrogen-bond donors (Lipinski definition) is 5. The first-order chi connectivity index (χ1) is 30.3. The minimum Gasteiger partial charge on any atom is -0.480 e. The van der Waals surface area contributed by atoms with E-state index in [-0.39, 0.29) is 31.0 Å². The number of aliphatic hydroxyl groups is 2. The van der Waals surface area contributed by atoms with E-state index in [2.05, 4.69) is 42.7 Å². The molecule has 362 valence electrons. The largest absolute Gasteiger partial charge is 0.480 e. The lowest BCUT2D eigenvalue weighted by Gasteiger charge is -2.20. The number of ether oxygens (including phenoxy) is 2. The highest BCUT2D eigenvalue weighted by Gasteiger charge is 2.39. The molecular weight excluding hydrogens is 829 g/mol. The SMILES string of the molecule is CCCCC/C=C\C/C=C\CCCCCCCCCCCC(=O)OC[C@H](COP(=O)(O)OC[C@H](N)C(=O)O)OC(=O)CCC/C=C\C[C@H]1C(=O)C[C@@H](O)[C@@H]1/C=C/[C@@H](O)CCCCC. The third-order valence-electron chi connectivity index (χ3n) is 10.9. The fourth-order valence-corrected chi connectivity index (χ4v) is 7.85. The minimum atomic E-state index is -4.80. The second kappa shape index (κ2) is 37.3. The Labute approximate surface area is 377 Å². The average Bonchev–Trinajstić information content (AvgIpc) is 3.52. The van der Waals surface area contributed by atoms with Gasteiger partial charge in [0.25, 0.3) is 0 Å². The molecule has 1 aliphatic carbocycles. The molecule has 0 aromatic carbocycles. The summed E-state index contributed by atoms with van der Waals surface area (Å²) in [4.78, 5) is 58.9. The zero-order valence-corrected chi connectivity index (χ0v) is 39.3. The van der Waals surface area contributed by atoms with Gasteiger partial charge in [-0.05, 0) is 64.2 Å². The van der Waals surface area contributed by atoms with E-state index in [4.69, 9.17) is 24.8 Å². The monoisotopic (exact) mass is 912 g/mol. The van der Waals surface area contributed by atoms with E-state index in [1.54, 1.807) is 12.2 Å². The van der Waals surface area contributed by atoms with Crippen LogP contribution in [0.15, 0.2) is 48.6 Å². The quantitative estimate of drug-likeness (QED) is 0.0167. The molecule has 1 aliphatic rings. The second-order valence-corrected chi connectivity index (χ2v) is 18.1. The number of phosphoric ester groups is 1. The first-order valence-corrected chi connectivity index (χ1v) is 25.3. The van der Waals surface area contributed by atoms with Gasteiger partial charge in [0, 0.05) is 31.1 Å². The molecule has 0 aromatic heterocycles. The van der Waals surface area contributed by atoms with Crippen molar-refractivity contribution in [3.8, 4) is 0 Å². The summed E-state index contributed by atoms with van der Waals surface area (Å²) in [7, 11) is -4.80. The maximum Gasteiger partial charge on any atom is 0.472 e. The molecule has 0 heterocycles. The molecule has 0 amide bonds. The maximum atomic E-state index is 12.8. The summed E-state index contributed by atoms with van der Waals surface area (Å²) >= 11 is 0. The van der Waals surface area contributed by atoms with Crippen molar-refractivity contribution in [3.05, 3.63) is 48.6 Å². The first kappa shape index (κ1) is 58.0. The summed E-state index contributed by atoms with van der Waals surface area (Å²) in [5, 5.41) is 29.6. The molecule has 6 N–H and O–H groups in total. The third-order valence-corrected chi connectivity index (χ3v) is 11.9. The van der Waals surface area contributed by atoms with Gasteiger partial charge in [-0.15, -0.1) is 0 Å². The molecule has 0 saturated heterocycles. The molecule has 0 bridgehead atoms. The van der Waals surface area contributed by atoms with Crippen LogP contribution in [0.5, 0.6) is 0 Å². The van der Waals surface area contributed by atoms with Crippen LogP contribution >= 0.6 is 7.82 Å². The van der Waals surface area contributed by atoms with Gasteiger partial charge in [0.2, 0.25) is 0 Å². The number of phosphoric acid groups is 1. The predicted octanol–water partition coefficient (Wildman–Crippen LogP) is 9.54. The van der Waals surface area contributed by atoms with Gasteiger partial charge in [-0.2, -0.15) is 0 Å². The molecule has 1 fully saturated rings. The Morgan fingerprint density at radius 2 is 1.30 bits per heavy atom. The Hall–Kier alpha value is -2.97. The van der Waals surface area contributed by atoms with Crippen LogP contribution in [0.25, 0.3) is 0 Å². The summed E-state index contributed by atoms with van der Waals surface area (Å²) in [6, 6.07) is -1.57. The van der Waals surface area contributed by atoms with E-state index in [0.29, 0.717) is 32.1 Å². The Morgan fingerprint density at radius 3 is 1.95 bits per heavy atom. The summed E-state index contributed by atoms with van der Waals surface area (Å²) in [6.45, 7) is 2.40. The van der Waals surface area contributed by atoms with E-state index >= 15 is 0 Å². The number of ketones is 1. The fraction of sp³-hybridized carbons (Fsp3) is 0.750. The molecule has 63 heavy (non-hydrogen) atoms. The average molecular weight is 912 g/mol. The van der Waals surface area contributed by atoms with Gasteiger partial charge in [-0.1, -0.05) is 140 Å². The highest BCUT2D eigenvalue weighted by molar-refractivity contribution is 7.47.